The number of fused-ring (bicyclic) bond motifs is 6. The molecule has 0 saturated carbocycles. The Morgan fingerprint density at radius 3 is 1.68 bits per heavy atom. The van der Waals surface area contributed by atoms with Crippen LogP contribution in [0.4, 0.5) is 8.78 Å². The van der Waals surface area contributed by atoms with Gasteiger partial charge in [-0.3, -0.25) is 0 Å². The zero-order valence-corrected chi connectivity index (χ0v) is 19.8. The molecule has 7 rings (SSSR count). The summed E-state index contributed by atoms with van der Waals surface area (Å²) < 4.78 is 33.1. The Morgan fingerprint density at radius 1 is 0.526 bits per heavy atom. The van der Waals surface area contributed by atoms with E-state index >= 15 is 4.39 Å². The highest BCUT2D eigenvalue weighted by Gasteiger charge is 2.22. The number of para-hydroxylation sites is 3. The summed E-state index contributed by atoms with van der Waals surface area (Å²) in [6, 6.07) is 32.4. The smallest absolute Gasteiger partial charge is 0.147 e. The molecule has 4 nitrogen and oxygen atoms in total. The molecule has 0 radical (unpaired) electrons. The minimum atomic E-state index is -0.529. The number of halogens is 2. The number of nitriles is 2. The summed E-state index contributed by atoms with van der Waals surface area (Å²) in [7, 11) is 0. The molecule has 38 heavy (non-hydrogen) atoms. The van der Waals surface area contributed by atoms with Gasteiger partial charge in [-0.15, -0.1) is 0 Å². The summed E-state index contributed by atoms with van der Waals surface area (Å²) in [4.78, 5) is 0. The molecule has 0 aliphatic rings. The lowest BCUT2D eigenvalue weighted by molar-refractivity contribution is 0.595. The first-order valence-electron chi connectivity index (χ1n) is 12.0. The Balaban J connectivity index is 1.71. The summed E-state index contributed by atoms with van der Waals surface area (Å²) in [6.45, 7) is 0. The SMILES string of the molecule is N#Cc1cccc(C#N)c1-n1c2ccccc2c2cc3c(cc21)c1ccccc1n3-c1cc(F)ccc1F. The molecule has 0 amide bonds. The molecule has 0 unspecified atom stereocenters. The topological polar surface area (TPSA) is 57.4 Å². The number of hydrogen-bond donors (Lipinski definition) is 0. The maximum atomic E-state index is 15.1. The Bertz CT molecular complexity index is 2160. The van der Waals surface area contributed by atoms with Gasteiger partial charge < -0.3 is 9.13 Å². The van der Waals surface area contributed by atoms with Crippen LogP contribution in [0.25, 0.3) is 55.0 Å². The van der Waals surface area contributed by atoms with Crippen molar-refractivity contribution in [2.45, 2.75) is 0 Å². The van der Waals surface area contributed by atoms with Gasteiger partial charge in [0.25, 0.3) is 0 Å². The first-order valence-corrected chi connectivity index (χ1v) is 12.0. The molecule has 0 aliphatic carbocycles. The van der Waals surface area contributed by atoms with E-state index in [4.69, 9.17) is 0 Å². The summed E-state index contributed by atoms with van der Waals surface area (Å²) >= 11 is 0. The number of hydrogen-bond acceptors (Lipinski definition) is 2. The summed E-state index contributed by atoms with van der Waals surface area (Å²) in [6.07, 6.45) is 0. The molecule has 0 atom stereocenters. The van der Waals surface area contributed by atoms with Crippen LogP contribution in [0.15, 0.2) is 97.1 Å². The van der Waals surface area contributed by atoms with E-state index in [0.717, 1.165) is 55.7 Å². The lowest BCUT2D eigenvalue weighted by Gasteiger charge is -2.12. The van der Waals surface area contributed by atoms with Gasteiger partial charge in [0.15, 0.2) is 0 Å². The first-order chi connectivity index (χ1) is 18.6. The largest absolute Gasteiger partial charge is 0.307 e. The molecule has 178 valence electrons. The normalized spacial score (nSPS) is 11.4. The quantitative estimate of drug-likeness (QED) is 0.245. The van der Waals surface area contributed by atoms with Gasteiger partial charge in [0, 0.05) is 27.6 Å². The van der Waals surface area contributed by atoms with Crippen molar-refractivity contribution in [1.82, 2.24) is 9.13 Å². The fourth-order valence-corrected chi connectivity index (χ4v) is 5.55. The third-order valence-corrected chi connectivity index (χ3v) is 7.12. The molecule has 5 aromatic carbocycles. The van der Waals surface area contributed by atoms with Gasteiger partial charge >= 0.3 is 0 Å². The molecule has 6 heteroatoms. The third-order valence-electron chi connectivity index (χ3n) is 7.12. The van der Waals surface area contributed by atoms with E-state index in [0.29, 0.717) is 16.8 Å². The van der Waals surface area contributed by atoms with Crippen LogP contribution in [0, 0.1) is 34.3 Å². The molecule has 0 bridgehead atoms. The summed E-state index contributed by atoms with van der Waals surface area (Å²) in [5.74, 6) is -1.06. The van der Waals surface area contributed by atoms with Crippen molar-refractivity contribution in [1.29, 1.82) is 10.5 Å². The third kappa shape index (κ3) is 2.92. The number of aromatic nitrogens is 2. The van der Waals surface area contributed by atoms with E-state index in [1.165, 1.54) is 6.07 Å². The molecule has 0 spiro atoms. The highest BCUT2D eigenvalue weighted by Crippen LogP contribution is 2.40. The van der Waals surface area contributed by atoms with Crippen molar-refractivity contribution in [2.24, 2.45) is 0 Å². The van der Waals surface area contributed by atoms with E-state index in [1.54, 1.807) is 22.8 Å². The molecule has 0 aliphatic heterocycles. The predicted molar refractivity (Wildman–Crippen MR) is 144 cm³/mol. The van der Waals surface area contributed by atoms with Gasteiger partial charge in [0.1, 0.15) is 23.8 Å². The molecule has 2 heterocycles. The van der Waals surface area contributed by atoms with Crippen LogP contribution in [0.2, 0.25) is 0 Å². The van der Waals surface area contributed by atoms with Crippen molar-refractivity contribution in [3.63, 3.8) is 0 Å². The van der Waals surface area contributed by atoms with Gasteiger partial charge in [0.2, 0.25) is 0 Å². The second kappa shape index (κ2) is 8.03. The van der Waals surface area contributed by atoms with Crippen molar-refractivity contribution in [2.75, 3.05) is 0 Å². The first kappa shape index (κ1) is 21.8. The van der Waals surface area contributed by atoms with Crippen molar-refractivity contribution in [3.8, 4) is 23.5 Å². The van der Waals surface area contributed by atoms with Crippen molar-refractivity contribution < 1.29 is 8.78 Å². The Kier molecular flexibility index (Phi) is 4.60. The van der Waals surface area contributed by atoms with E-state index < -0.39 is 11.6 Å². The standard InChI is InChI=1S/C32H16F2N4/c33-21-12-13-26(34)31(14-21)37-27-10-3-1-8-22(27)24-16-30-25(15-29(24)37)23-9-2-4-11-28(23)38(30)32-19(17-35)6-5-7-20(32)18-36/h1-16H. The molecule has 0 fully saturated rings. The maximum absolute atomic E-state index is 15.1. The molecular formula is C32H16F2N4. The second-order valence-corrected chi connectivity index (χ2v) is 9.11. The lowest BCUT2D eigenvalue weighted by Crippen LogP contribution is -2.01. The highest BCUT2D eigenvalue weighted by molar-refractivity contribution is 6.19. The Labute approximate surface area is 215 Å². The van der Waals surface area contributed by atoms with E-state index in [2.05, 4.69) is 12.1 Å². The maximum Gasteiger partial charge on any atom is 0.147 e. The number of benzene rings is 5. The van der Waals surface area contributed by atoms with E-state index in [9.17, 15) is 14.9 Å². The molecule has 7 aromatic rings. The lowest BCUT2D eigenvalue weighted by atomic mass is 10.1. The van der Waals surface area contributed by atoms with Crippen LogP contribution < -0.4 is 0 Å². The van der Waals surface area contributed by atoms with Crippen molar-refractivity contribution >= 4 is 43.6 Å². The number of nitrogens with zero attached hydrogens (tertiary/aromatic N) is 4. The van der Waals surface area contributed by atoms with Crippen LogP contribution in [-0.2, 0) is 0 Å². The van der Waals surface area contributed by atoms with Crippen LogP contribution in [0.5, 0.6) is 0 Å². The fraction of sp³-hybridized carbons (Fsp3) is 0. The Hall–Kier alpha value is -5.46. The molecule has 0 saturated heterocycles. The minimum absolute atomic E-state index is 0.126. The van der Waals surface area contributed by atoms with E-state index in [-0.39, 0.29) is 5.69 Å². The van der Waals surface area contributed by atoms with Gasteiger partial charge in [-0.05, 0) is 48.5 Å². The highest BCUT2D eigenvalue weighted by atomic mass is 19.1. The van der Waals surface area contributed by atoms with Gasteiger partial charge in [-0.1, -0.05) is 42.5 Å². The monoisotopic (exact) mass is 494 g/mol. The Morgan fingerprint density at radius 2 is 1.08 bits per heavy atom. The molecule has 2 aromatic heterocycles. The summed E-state index contributed by atoms with van der Waals surface area (Å²) in [5, 5.41) is 23.4. The molecular weight excluding hydrogens is 478 g/mol. The summed E-state index contributed by atoms with van der Waals surface area (Å²) in [5.41, 5.74) is 4.52. The zero-order chi connectivity index (χ0) is 26.0. The van der Waals surface area contributed by atoms with Crippen LogP contribution in [0.1, 0.15) is 11.1 Å². The fourth-order valence-electron chi connectivity index (χ4n) is 5.55. The van der Waals surface area contributed by atoms with Crippen molar-refractivity contribution in [3.05, 3.63) is 120 Å². The number of rotatable bonds is 2. The molecule has 0 N–H and O–H groups in total. The average molecular weight is 495 g/mol. The average Bonchev–Trinajstić information content (AvgIpc) is 3.44. The van der Waals surface area contributed by atoms with Crippen LogP contribution in [-0.4, -0.2) is 9.13 Å². The zero-order valence-electron chi connectivity index (χ0n) is 19.8. The van der Waals surface area contributed by atoms with Crippen LogP contribution in [0.3, 0.4) is 0 Å². The predicted octanol–water partition coefficient (Wildman–Crippen LogP) is 7.90. The minimum Gasteiger partial charge on any atom is -0.307 e. The van der Waals surface area contributed by atoms with Gasteiger partial charge in [0.05, 0.1) is 44.6 Å². The van der Waals surface area contributed by atoms with E-state index in [1.807, 2.05) is 65.2 Å². The van der Waals surface area contributed by atoms with Gasteiger partial charge in [-0.2, -0.15) is 10.5 Å². The van der Waals surface area contributed by atoms with Crippen LogP contribution >= 0.6 is 0 Å². The second-order valence-electron chi connectivity index (χ2n) is 9.11. The van der Waals surface area contributed by atoms with Gasteiger partial charge in [-0.25, -0.2) is 8.78 Å².